The Kier molecular flexibility index (Phi) is 3.18. The molecule has 0 amide bonds. The van der Waals surface area contributed by atoms with Crippen LogP contribution in [0.5, 0.6) is 0 Å². The molecule has 0 aliphatic rings. The number of anilines is 1. The fourth-order valence-corrected chi connectivity index (χ4v) is 1.86. The molecule has 1 N–H and O–H groups in total. The molecule has 1 aromatic carbocycles. The van der Waals surface area contributed by atoms with Crippen molar-refractivity contribution in [3.63, 3.8) is 0 Å². The fraction of sp³-hybridized carbons (Fsp3) is 0.100. The maximum absolute atomic E-state index is 13.4. The van der Waals surface area contributed by atoms with Crippen molar-refractivity contribution in [2.24, 2.45) is 0 Å². The first-order valence-corrected chi connectivity index (χ1v) is 5.58. The van der Waals surface area contributed by atoms with Crippen molar-refractivity contribution >= 4 is 28.6 Å². The van der Waals surface area contributed by atoms with Gasteiger partial charge in [-0.25, -0.2) is 4.39 Å². The van der Waals surface area contributed by atoms with Crippen LogP contribution in [0.1, 0.15) is 4.88 Å². The Balaban J connectivity index is 2.08. The molecule has 1 heterocycles. The number of aromatic nitrogens is 1. The van der Waals surface area contributed by atoms with Gasteiger partial charge < -0.3 is 5.32 Å². The molecule has 0 spiro atoms. The summed E-state index contributed by atoms with van der Waals surface area (Å²) in [5.41, 5.74) is 2.15. The minimum absolute atomic E-state index is 0.129. The van der Waals surface area contributed by atoms with Gasteiger partial charge in [-0.05, 0) is 12.1 Å². The summed E-state index contributed by atoms with van der Waals surface area (Å²) in [6, 6.07) is 4.89. The molecular formula is C10H8ClFN2S. The second kappa shape index (κ2) is 4.59. The Morgan fingerprint density at radius 3 is 3.07 bits per heavy atom. The molecular weight excluding hydrogens is 235 g/mol. The van der Waals surface area contributed by atoms with E-state index in [2.05, 4.69) is 10.3 Å². The van der Waals surface area contributed by atoms with Crippen LogP contribution in [-0.2, 0) is 6.54 Å². The Morgan fingerprint density at radius 2 is 2.33 bits per heavy atom. The Morgan fingerprint density at radius 1 is 1.47 bits per heavy atom. The van der Waals surface area contributed by atoms with Crippen LogP contribution < -0.4 is 5.32 Å². The zero-order valence-electron chi connectivity index (χ0n) is 7.71. The summed E-state index contributed by atoms with van der Waals surface area (Å²) in [5, 5.41) is 3.10. The molecule has 78 valence electrons. The lowest BCUT2D eigenvalue weighted by Crippen LogP contribution is -1.99. The normalized spacial score (nSPS) is 10.3. The molecule has 0 bridgehead atoms. The Labute approximate surface area is 95.7 Å². The summed E-state index contributed by atoms with van der Waals surface area (Å²) in [5.74, 6) is -0.413. The average molecular weight is 243 g/mol. The van der Waals surface area contributed by atoms with Gasteiger partial charge in [-0.3, -0.25) is 4.98 Å². The van der Waals surface area contributed by atoms with Crippen LogP contribution in [-0.4, -0.2) is 4.98 Å². The highest BCUT2D eigenvalue weighted by atomic mass is 35.5. The van der Waals surface area contributed by atoms with Crippen molar-refractivity contribution < 1.29 is 4.39 Å². The standard InChI is InChI=1S/C10H8ClFN2S/c11-8-2-1-3-9(10(8)12)14-5-7-4-13-6-15-7/h1-4,6,14H,5H2. The number of benzene rings is 1. The first kappa shape index (κ1) is 10.4. The van der Waals surface area contributed by atoms with Gasteiger partial charge in [-0.1, -0.05) is 17.7 Å². The van der Waals surface area contributed by atoms with Crippen LogP contribution in [0.25, 0.3) is 0 Å². The third kappa shape index (κ3) is 2.46. The second-order valence-electron chi connectivity index (χ2n) is 2.92. The monoisotopic (exact) mass is 242 g/mol. The van der Waals surface area contributed by atoms with E-state index in [1.54, 1.807) is 23.8 Å². The minimum Gasteiger partial charge on any atom is -0.378 e. The van der Waals surface area contributed by atoms with Crippen LogP contribution in [0.2, 0.25) is 5.02 Å². The highest BCUT2D eigenvalue weighted by Gasteiger charge is 2.05. The van der Waals surface area contributed by atoms with E-state index in [-0.39, 0.29) is 5.02 Å². The lowest BCUT2D eigenvalue weighted by Gasteiger charge is -2.06. The number of hydrogen-bond acceptors (Lipinski definition) is 3. The van der Waals surface area contributed by atoms with E-state index in [1.165, 1.54) is 17.4 Å². The van der Waals surface area contributed by atoms with Gasteiger partial charge in [0.1, 0.15) is 0 Å². The van der Waals surface area contributed by atoms with Gasteiger partial charge in [0.15, 0.2) is 5.82 Å². The van der Waals surface area contributed by atoms with Gasteiger partial charge in [-0.15, -0.1) is 11.3 Å². The largest absolute Gasteiger partial charge is 0.378 e. The summed E-state index contributed by atoms with van der Waals surface area (Å²) in [4.78, 5) is 4.98. The molecule has 0 atom stereocenters. The molecule has 0 radical (unpaired) electrons. The number of hydrogen-bond donors (Lipinski definition) is 1. The Bertz CT molecular complexity index is 445. The van der Waals surface area contributed by atoms with E-state index in [1.807, 2.05) is 0 Å². The van der Waals surface area contributed by atoms with Crippen molar-refractivity contribution in [2.45, 2.75) is 6.54 Å². The van der Waals surface area contributed by atoms with Gasteiger partial charge >= 0.3 is 0 Å². The van der Waals surface area contributed by atoms with Gasteiger partial charge in [0.25, 0.3) is 0 Å². The highest BCUT2D eigenvalue weighted by Crippen LogP contribution is 2.22. The molecule has 2 nitrogen and oxygen atoms in total. The molecule has 0 saturated heterocycles. The maximum atomic E-state index is 13.4. The molecule has 0 aliphatic carbocycles. The number of rotatable bonds is 3. The summed E-state index contributed by atoms with van der Waals surface area (Å²) in [6.45, 7) is 0.557. The number of nitrogens with zero attached hydrogens (tertiary/aromatic N) is 1. The van der Waals surface area contributed by atoms with Crippen molar-refractivity contribution in [1.29, 1.82) is 0 Å². The summed E-state index contributed by atoms with van der Waals surface area (Å²) in [7, 11) is 0. The molecule has 1 aromatic heterocycles. The van der Waals surface area contributed by atoms with Crippen LogP contribution in [0.4, 0.5) is 10.1 Å². The third-order valence-electron chi connectivity index (χ3n) is 1.89. The van der Waals surface area contributed by atoms with E-state index >= 15 is 0 Å². The van der Waals surface area contributed by atoms with E-state index in [4.69, 9.17) is 11.6 Å². The lowest BCUT2D eigenvalue weighted by atomic mass is 10.3. The molecule has 2 rings (SSSR count). The lowest BCUT2D eigenvalue weighted by molar-refractivity contribution is 0.630. The minimum atomic E-state index is -0.413. The molecule has 5 heteroatoms. The number of nitrogens with one attached hydrogen (secondary N) is 1. The quantitative estimate of drug-likeness (QED) is 0.891. The number of halogens is 2. The van der Waals surface area contributed by atoms with E-state index in [0.717, 1.165) is 4.88 Å². The van der Waals surface area contributed by atoms with Crippen LogP contribution >= 0.6 is 22.9 Å². The first-order valence-electron chi connectivity index (χ1n) is 4.32. The second-order valence-corrected chi connectivity index (χ2v) is 4.30. The van der Waals surface area contributed by atoms with Crippen LogP contribution in [0.15, 0.2) is 29.9 Å². The van der Waals surface area contributed by atoms with E-state index in [9.17, 15) is 4.39 Å². The van der Waals surface area contributed by atoms with Gasteiger partial charge in [0.05, 0.1) is 22.8 Å². The maximum Gasteiger partial charge on any atom is 0.164 e. The van der Waals surface area contributed by atoms with Crippen molar-refractivity contribution in [3.8, 4) is 0 Å². The van der Waals surface area contributed by atoms with Crippen molar-refractivity contribution in [1.82, 2.24) is 4.98 Å². The highest BCUT2D eigenvalue weighted by molar-refractivity contribution is 7.09. The Hall–Kier alpha value is -1.13. The molecule has 0 aliphatic heterocycles. The fourth-order valence-electron chi connectivity index (χ4n) is 1.15. The topological polar surface area (TPSA) is 24.9 Å². The summed E-state index contributed by atoms with van der Waals surface area (Å²) in [6.07, 6.45) is 1.75. The van der Waals surface area contributed by atoms with Gasteiger partial charge in [0, 0.05) is 11.1 Å². The summed E-state index contributed by atoms with van der Waals surface area (Å²) < 4.78 is 13.4. The molecule has 15 heavy (non-hydrogen) atoms. The predicted octanol–water partition coefficient (Wildman–Crippen LogP) is 3.55. The van der Waals surface area contributed by atoms with E-state index in [0.29, 0.717) is 12.2 Å². The summed E-state index contributed by atoms with van der Waals surface area (Å²) >= 11 is 7.17. The zero-order valence-corrected chi connectivity index (χ0v) is 9.28. The van der Waals surface area contributed by atoms with Crippen molar-refractivity contribution in [2.75, 3.05) is 5.32 Å². The third-order valence-corrected chi connectivity index (χ3v) is 2.96. The smallest absolute Gasteiger partial charge is 0.164 e. The number of thiazole rings is 1. The first-order chi connectivity index (χ1) is 7.27. The zero-order chi connectivity index (χ0) is 10.7. The van der Waals surface area contributed by atoms with Crippen LogP contribution in [0, 0.1) is 5.82 Å². The average Bonchev–Trinajstić information content (AvgIpc) is 2.73. The molecule has 0 unspecified atom stereocenters. The van der Waals surface area contributed by atoms with Gasteiger partial charge in [-0.2, -0.15) is 0 Å². The van der Waals surface area contributed by atoms with E-state index < -0.39 is 5.82 Å². The van der Waals surface area contributed by atoms with Crippen molar-refractivity contribution in [3.05, 3.63) is 45.6 Å². The van der Waals surface area contributed by atoms with Crippen LogP contribution in [0.3, 0.4) is 0 Å². The molecule has 0 saturated carbocycles. The van der Waals surface area contributed by atoms with Gasteiger partial charge in [0.2, 0.25) is 0 Å². The SMILES string of the molecule is Fc1c(Cl)cccc1NCc1cncs1. The molecule has 0 fully saturated rings. The molecule has 2 aromatic rings. The predicted molar refractivity (Wildman–Crippen MR) is 60.9 cm³/mol.